The second-order valence-corrected chi connectivity index (χ2v) is 7.61. The first-order valence-electron chi connectivity index (χ1n) is 6.59. The predicted octanol–water partition coefficient (Wildman–Crippen LogP) is -1.60. The van der Waals surface area contributed by atoms with Gasteiger partial charge < -0.3 is 25.6 Å². The van der Waals surface area contributed by atoms with E-state index >= 15 is 0 Å². The van der Waals surface area contributed by atoms with Crippen molar-refractivity contribution in [1.29, 1.82) is 0 Å². The van der Waals surface area contributed by atoms with Crippen molar-refractivity contribution in [3.05, 3.63) is 11.3 Å². The largest absolute Gasteiger partial charge is 0.477 e. The van der Waals surface area contributed by atoms with Gasteiger partial charge in [-0.2, -0.15) is 0 Å². The molecule has 0 aromatic heterocycles. The van der Waals surface area contributed by atoms with Gasteiger partial charge in [0.05, 0.1) is 18.1 Å². The average molecular weight is 348 g/mol. The number of amides is 2. The summed E-state index contributed by atoms with van der Waals surface area (Å²) in [4.78, 5) is 35.4. The van der Waals surface area contributed by atoms with Crippen LogP contribution in [0.4, 0.5) is 4.79 Å². The van der Waals surface area contributed by atoms with E-state index < -0.39 is 57.0 Å². The van der Waals surface area contributed by atoms with Crippen molar-refractivity contribution < 1.29 is 37.8 Å². The van der Waals surface area contributed by atoms with Crippen LogP contribution in [0.1, 0.15) is 13.3 Å². The molecular formula is C12H16N2O8S. The Bertz CT molecular complexity index is 711. The number of nitrogens with two attached hydrogens (primary N) is 1. The highest BCUT2D eigenvalue weighted by Crippen LogP contribution is 2.45. The van der Waals surface area contributed by atoms with E-state index in [0.717, 1.165) is 11.2 Å². The number of rotatable bonds is 5. The summed E-state index contributed by atoms with van der Waals surface area (Å²) < 4.78 is 28.2. The van der Waals surface area contributed by atoms with E-state index in [1.807, 2.05) is 0 Å². The van der Waals surface area contributed by atoms with Crippen molar-refractivity contribution in [1.82, 2.24) is 4.90 Å². The Balaban J connectivity index is 2.50. The summed E-state index contributed by atoms with van der Waals surface area (Å²) in [6.07, 6.45) is -1.79. The number of ether oxygens (including phenoxy) is 1. The SMILES string of the molecule is CC(O)C1C(=O)N2C(C(=O)O)=C(C(OC(N)=O)S(C)(=O)=O)CC12. The molecule has 4 unspecified atom stereocenters. The normalized spacial score (nSPS) is 26.4. The Kier molecular flexibility index (Phi) is 4.11. The number of primary amides is 1. The number of sulfone groups is 1. The third-order valence-electron chi connectivity index (χ3n) is 3.86. The average Bonchev–Trinajstić information content (AvgIpc) is 2.68. The maximum absolute atomic E-state index is 12.0. The molecule has 0 bridgehead atoms. The summed E-state index contributed by atoms with van der Waals surface area (Å²) in [5.74, 6) is -2.99. The lowest BCUT2D eigenvalue weighted by atomic mass is 9.83. The molecule has 11 heteroatoms. The van der Waals surface area contributed by atoms with E-state index in [1.54, 1.807) is 0 Å². The number of aliphatic hydroxyl groups is 1. The van der Waals surface area contributed by atoms with Gasteiger partial charge in [0.2, 0.25) is 11.3 Å². The van der Waals surface area contributed by atoms with Crippen molar-refractivity contribution in [2.45, 2.75) is 30.9 Å². The summed E-state index contributed by atoms with van der Waals surface area (Å²) in [5.41, 5.74) is 2.18. The van der Waals surface area contributed by atoms with Crippen LogP contribution in [0.5, 0.6) is 0 Å². The van der Waals surface area contributed by atoms with Crippen LogP contribution in [0.25, 0.3) is 0 Å². The van der Waals surface area contributed by atoms with E-state index in [-0.39, 0.29) is 12.0 Å². The number of hydrogen-bond acceptors (Lipinski definition) is 7. The molecule has 2 rings (SSSR count). The van der Waals surface area contributed by atoms with Crippen molar-refractivity contribution in [2.24, 2.45) is 11.7 Å². The fourth-order valence-corrected chi connectivity index (χ4v) is 4.03. The predicted molar refractivity (Wildman–Crippen MR) is 74.4 cm³/mol. The summed E-state index contributed by atoms with van der Waals surface area (Å²) in [6.45, 7) is 1.38. The number of carboxylic acid groups (broad SMARTS) is 1. The minimum atomic E-state index is -4.03. The van der Waals surface area contributed by atoms with Crippen LogP contribution < -0.4 is 5.73 Å². The summed E-state index contributed by atoms with van der Waals surface area (Å²) in [5, 5.41) is 18.9. The molecule has 2 amide bonds. The molecule has 23 heavy (non-hydrogen) atoms. The lowest BCUT2D eigenvalue weighted by molar-refractivity contribution is -0.161. The highest BCUT2D eigenvalue weighted by molar-refractivity contribution is 7.91. The Morgan fingerprint density at radius 2 is 2.00 bits per heavy atom. The molecule has 1 saturated heterocycles. The van der Waals surface area contributed by atoms with Crippen LogP contribution in [0.2, 0.25) is 0 Å². The maximum atomic E-state index is 12.0. The van der Waals surface area contributed by atoms with Crippen LogP contribution in [0.3, 0.4) is 0 Å². The molecule has 4 N–H and O–H groups in total. The van der Waals surface area contributed by atoms with Crippen molar-refractivity contribution in [2.75, 3.05) is 6.26 Å². The number of aliphatic carboxylic acids is 1. The lowest BCUT2D eigenvalue weighted by Crippen LogP contribution is -2.61. The fraction of sp³-hybridized carbons (Fsp3) is 0.583. The zero-order valence-corrected chi connectivity index (χ0v) is 13.1. The summed E-state index contributed by atoms with van der Waals surface area (Å²) in [6, 6.07) is -0.690. The molecule has 10 nitrogen and oxygen atoms in total. The minimum Gasteiger partial charge on any atom is -0.477 e. The number of hydrogen-bond donors (Lipinski definition) is 3. The van der Waals surface area contributed by atoms with Crippen molar-refractivity contribution >= 4 is 27.8 Å². The van der Waals surface area contributed by atoms with Crippen LogP contribution in [-0.4, -0.2) is 65.3 Å². The van der Waals surface area contributed by atoms with Gasteiger partial charge in [0.1, 0.15) is 5.70 Å². The van der Waals surface area contributed by atoms with E-state index in [0.29, 0.717) is 0 Å². The molecule has 0 aromatic rings. The number of carbonyl (C=O) groups excluding carboxylic acids is 2. The second kappa shape index (κ2) is 5.49. The molecule has 0 radical (unpaired) electrons. The summed E-state index contributed by atoms with van der Waals surface area (Å²) >= 11 is 0. The Hall–Kier alpha value is -2.14. The Labute approximate surface area is 131 Å². The fourth-order valence-electron chi connectivity index (χ4n) is 3.04. The smallest absolute Gasteiger partial charge is 0.406 e. The number of aliphatic hydroxyl groups excluding tert-OH is 1. The minimum absolute atomic E-state index is 0.145. The van der Waals surface area contributed by atoms with Crippen LogP contribution in [0, 0.1) is 5.92 Å². The molecule has 0 aromatic carbocycles. The number of fused-ring (bicyclic) bond motifs is 1. The first kappa shape index (κ1) is 17.2. The molecule has 2 heterocycles. The van der Waals surface area contributed by atoms with Gasteiger partial charge in [-0.15, -0.1) is 0 Å². The van der Waals surface area contributed by atoms with Gasteiger partial charge in [-0.25, -0.2) is 18.0 Å². The molecular weight excluding hydrogens is 332 g/mol. The number of carboxylic acids is 1. The topological polar surface area (TPSA) is 164 Å². The first-order chi connectivity index (χ1) is 10.5. The van der Waals surface area contributed by atoms with E-state index in [9.17, 15) is 33.0 Å². The molecule has 0 saturated carbocycles. The molecule has 2 aliphatic heterocycles. The van der Waals surface area contributed by atoms with Gasteiger partial charge in [-0.1, -0.05) is 0 Å². The van der Waals surface area contributed by atoms with Gasteiger partial charge in [0.25, 0.3) is 0 Å². The van der Waals surface area contributed by atoms with E-state index in [1.165, 1.54) is 6.92 Å². The second-order valence-electron chi connectivity index (χ2n) is 5.52. The standard InChI is InChI=1S/C12H16N2O8S/c1-4(15)7-6-3-5(8(10(17)18)14(6)9(7)16)11(22-12(13)19)23(2,20)21/h4,6-7,11,15H,3H2,1-2H3,(H2,13,19)(H,17,18). The number of carbonyl (C=O) groups is 3. The molecule has 0 aliphatic carbocycles. The van der Waals surface area contributed by atoms with Gasteiger partial charge in [-0.05, 0) is 13.3 Å². The molecule has 2 aliphatic rings. The van der Waals surface area contributed by atoms with Gasteiger partial charge in [-0.3, -0.25) is 4.79 Å². The van der Waals surface area contributed by atoms with Gasteiger partial charge in [0, 0.05) is 11.8 Å². The van der Waals surface area contributed by atoms with Crippen molar-refractivity contribution in [3.63, 3.8) is 0 Å². The third-order valence-corrected chi connectivity index (χ3v) is 5.02. The van der Waals surface area contributed by atoms with E-state index in [4.69, 9.17) is 5.73 Å². The first-order valence-corrected chi connectivity index (χ1v) is 8.54. The number of β-lactam (4-membered cyclic amide) rings is 1. The lowest BCUT2D eigenvalue weighted by Gasteiger charge is -2.44. The quantitative estimate of drug-likeness (QED) is 0.500. The van der Waals surface area contributed by atoms with Gasteiger partial charge >= 0.3 is 12.1 Å². The van der Waals surface area contributed by atoms with E-state index in [2.05, 4.69) is 4.74 Å². The zero-order valence-electron chi connectivity index (χ0n) is 12.3. The maximum Gasteiger partial charge on any atom is 0.406 e. The monoisotopic (exact) mass is 348 g/mol. The number of nitrogens with zero attached hydrogens (tertiary/aromatic N) is 1. The highest BCUT2D eigenvalue weighted by atomic mass is 32.2. The molecule has 4 atom stereocenters. The van der Waals surface area contributed by atoms with Crippen LogP contribution in [0.15, 0.2) is 11.3 Å². The summed E-state index contributed by atoms with van der Waals surface area (Å²) in [7, 11) is -4.03. The molecule has 128 valence electrons. The Morgan fingerprint density at radius 3 is 2.39 bits per heavy atom. The van der Waals surface area contributed by atoms with Gasteiger partial charge in [0.15, 0.2) is 9.84 Å². The van der Waals surface area contributed by atoms with Crippen molar-refractivity contribution in [3.8, 4) is 0 Å². The molecule has 1 fully saturated rings. The third kappa shape index (κ3) is 2.77. The highest BCUT2D eigenvalue weighted by Gasteiger charge is 2.58. The zero-order chi connectivity index (χ0) is 17.7. The van der Waals surface area contributed by atoms with Crippen LogP contribution in [-0.2, 0) is 24.2 Å². The molecule has 0 spiro atoms. The Morgan fingerprint density at radius 1 is 1.43 bits per heavy atom. The van der Waals surface area contributed by atoms with Crippen LogP contribution >= 0.6 is 0 Å².